The zero-order chi connectivity index (χ0) is 21.8. The smallest absolute Gasteiger partial charge is 0.283 e. The summed E-state index contributed by atoms with van der Waals surface area (Å²) >= 11 is 0. The zero-order valence-electron chi connectivity index (χ0n) is 16.1. The monoisotopic (exact) mass is 423 g/mol. The van der Waals surface area contributed by atoms with Gasteiger partial charge >= 0.3 is 0 Å². The van der Waals surface area contributed by atoms with Gasteiger partial charge in [-0.15, -0.1) is 0 Å². The second-order valence-electron chi connectivity index (χ2n) is 7.73. The molecular weight excluding hydrogens is 407 g/mol. The average Bonchev–Trinajstić information content (AvgIpc) is 3.53. The van der Waals surface area contributed by atoms with Crippen molar-refractivity contribution in [1.29, 1.82) is 5.26 Å². The molecule has 31 heavy (non-hydrogen) atoms. The summed E-state index contributed by atoms with van der Waals surface area (Å²) in [5.74, 6) is -1.40. The Balaban J connectivity index is 1.58. The molecule has 2 aromatic heterocycles. The molecule has 6 nitrogen and oxygen atoms in total. The van der Waals surface area contributed by atoms with E-state index in [2.05, 4.69) is 15.0 Å². The number of amidine groups is 1. The van der Waals surface area contributed by atoms with E-state index in [9.17, 15) is 13.2 Å². The van der Waals surface area contributed by atoms with E-state index >= 15 is 0 Å². The third-order valence-corrected chi connectivity index (χ3v) is 5.84. The van der Waals surface area contributed by atoms with Gasteiger partial charge in [0.25, 0.3) is 12.4 Å². The molecular formula is C22H16F3N5O. The van der Waals surface area contributed by atoms with E-state index in [1.54, 1.807) is 18.3 Å². The van der Waals surface area contributed by atoms with Crippen molar-refractivity contribution in [3.05, 3.63) is 70.9 Å². The summed E-state index contributed by atoms with van der Waals surface area (Å²) in [5, 5.41) is 9.80. The summed E-state index contributed by atoms with van der Waals surface area (Å²) in [4.78, 5) is 12.6. The highest BCUT2D eigenvalue weighted by Gasteiger charge is 2.64. The third-order valence-electron chi connectivity index (χ3n) is 5.84. The van der Waals surface area contributed by atoms with Crippen molar-refractivity contribution in [1.82, 2.24) is 9.97 Å². The Morgan fingerprint density at radius 1 is 1.26 bits per heavy atom. The minimum atomic E-state index is -2.95. The molecule has 0 spiro atoms. The molecule has 2 N–H and O–H groups in total. The number of pyridine rings is 2. The number of alkyl halides is 2. The Bertz CT molecular complexity index is 1270. The van der Waals surface area contributed by atoms with Gasteiger partial charge in [0.1, 0.15) is 18.0 Å². The summed E-state index contributed by atoms with van der Waals surface area (Å²) in [7, 11) is 0. The number of aliphatic imine (C=N–C) groups is 1. The Kier molecular flexibility index (Phi) is 4.32. The Hall–Kier alpha value is -3.67. The van der Waals surface area contributed by atoms with Gasteiger partial charge in [-0.1, -0.05) is 6.07 Å². The number of benzene rings is 1. The van der Waals surface area contributed by atoms with E-state index < -0.39 is 29.8 Å². The molecule has 1 saturated carbocycles. The Morgan fingerprint density at radius 3 is 2.87 bits per heavy atom. The molecule has 1 aliphatic carbocycles. The molecule has 0 saturated heterocycles. The number of rotatable bonds is 4. The van der Waals surface area contributed by atoms with Gasteiger partial charge in [0.05, 0.1) is 16.8 Å². The van der Waals surface area contributed by atoms with Gasteiger partial charge in [-0.2, -0.15) is 5.26 Å². The predicted octanol–water partition coefficient (Wildman–Crippen LogP) is 3.43. The molecule has 9 heteroatoms. The molecule has 0 amide bonds. The molecule has 156 valence electrons. The highest BCUT2D eigenvalue weighted by Crippen LogP contribution is 2.56. The minimum absolute atomic E-state index is 0.196. The lowest BCUT2D eigenvalue weighted by Crippen LogP contribution is -2.43. The fraction of sp³-hybridized carbons (Fsp3) is 0.273. The van der Waals surface area contributed by atoms with Crippen molar-refractivity contribution in [2.45, 2.75) is 30.9 Å². The lowest BCUT2D eigenvalue weighted by Gasteiger charge is -2.33. The molecule has 1 aliphatic heterocycles. The minimum Gasteiger partial charge on any atom is -0.462 e. The van der Waals surface area contributed by atoms with E-state index in [1.165, 1.54) is 24.4 Å². The van der Waals surface area contributed by atoms with Crippen LogP contribution in [0.5, 0.6) is 0 Å². The van der Waals surface area contributed by atoms with Crippen LogP contribution in [-0.2, 0) is 16.7 Å². The molecule has 1 fully saturated rings. The third kappa shape index (κ3) is 3.06. The number of aromatic nitrogens is 2. The van der Waals surface area contributed by atoms with Crippen molar-refractivity contribution in [2.24, 2.45) is 16.6 Å². The van der Waals surface area contributed by atoms with Gasteiger partial charge in [-0.05, 0) is 36.2 Å². The van der Waals surface area contributed by atoms with Gasteiger partial charge in [-0.25, -0.2) is 18.2 Å². The second kappa shape index (κ2) is 6.94. The number of nitrogens with two attached hydrogens (primary N) is 1. The molecule has 2 aliphatic rings. The fourth-order valence-electron chi connectivity index (χ4n) is 4.29. The average molecular weight is 423 g/mol. The zero-order valence-corrected chi connectivity index (χ0v) is 16.1. The van der Waals surface area contributed by atoms with Crippen molar-refractivity contribution in [3.63, 3.8) is 0 Å². The second-order valence-corrected chi connectivity index (χ2v) is 7.73. The van der Waals surface area contributed by atoms with Gasteiger partial charge in [0.15, 0.2) is 5.54 Å². The quantitative estimate of drug-likeness (QED) is 0.694. The summed E-state index contributed by atoms with van der Waals surface area (Å²) in [6.07, 6.45) is 0.191. The lowest BCUT2D eigenvalue weighted by molar-refractivity contribution is 0.0176. The highest BCUT2D eigenvalue weighted by molar-refractivity contribution is 5.81. The summed E-state index contributed by atoms with van der Waals surface area (Å²) in [6, 6.07) is 9.22. The molecule has 3 atom stereocenters. The first kappa shape index (κ1) is 19.3. The molecule has 0 radical (unpaired) electrons. The summed E-state index contributed by atoms with van der Waals surface area (Å²) in [6.45, 7) is 0. The van der Waals surface area contributed by atoms with Gasteiger partial charge in [0, 0.05) is 35.7 Å². The standard InChI is InChI=1S/C22H16F3N5O/c23-16-2-1-11(7-17-19-13(3-4-28-17)5-12(9-26)10-29-19)6-14(16)22(20(24)25)15-8-18(15)31-21(27)30-22/h1-6,10,15,18,20H,7-8H2,(H2,27,30)/t15-,18+,22+/m0/s1. The van der Waals surface area contributed by atoms with Crippen LogP contribution >= 0.6 is 0 Å². The van der Waals surface area contributed by atoms with Crippen LogP contribution in [0.3, 0.4) is 0 Å². The molecule has 1 aromatic carbocycles. The van der Waals surface area contributed by atoms with Crippen molar-refractivity contribution < 1.29 is 17.9 Å². The van der Waals surface area contributed by atoms with E-state index in [1.807, 2.05) is 6.07 Å². The van der Waals surface area contributed by atoms with Crippen molar-refractivity contribution in [2.75, 3.05) is 0 Å². The van der Waals surface area contributed by atoms with Gasteiger partial charge < -0.3 is 10.5 Å². The fourth-order valence-corrected chi connectivity index (χ4v) is 4.29. The number of nitrogens with zero attached hydrogens (tertiary/aromatic N) is 4. The normalized spacial score (nSPS) is 24.3. The molecule has 0 bridgehead atoms. The summed E-state index contributed by atoms with van der Waals surface area (Å²) in [5.41, 5.74) is 5.54. The molecule has 3 heterocycles. The molecule has 0 unspecified atom stereocenters. The number of hydrogen-bond acceptors (Lipinski definition) is 6. The van der Waals surface area contributed by atoms with Crippen LogP contribution in [0.25, 0.3) is 10.9 Å². The number of hydrogen-bond donors (Lipinski definition) is 1. The first-order valence-corrected chi connectivity index (χ1v) is 9.65. The van der Waals surface area contributed by atoms with Crippen LogP contribution in [-0.4, -0.2) is 28.5 Å². The Morgan fingerprint density at radius 2 is 2.10 bits per heavy atom. The molecule has 5 rings (SSSR count). The van der Waals surface area contributed by atoms with Crippen LogP contribution in [0, 0.1) is 23.1 Å². The highest BCUT2D eigenvalue weighted by atomic mass is 19.3. The lowest BCUT2D eigenvalue weighted by atomic mass is 9.83. The number of ether oxygens (including phenoxy) is 1. The maximum Gasteiger partial charge on any atom is 0.283 e. The van der Waals surface area contributed by atoms with Crippen LogP contribution in [0.4, 0.5) is 13.2 Å². The molecule has 3 aromatic rings. The SMILES string of the molecule is N#Cc1cnc2c(Cc3ccc(F)c([C@@]4(C(F)F)N=C(N)O[C@@H]5C[C@@H]54)c3)nccc2c1. The van der Waals surface area contributed by atoms with Crippen LogP contribution in [0.1, 0.15) is 28.8 Å². The van der Waals surface area contributed by atoms with Crippen LogP contribution < -0.4 is 5.73 Å². The summed E-state index contributed by atoms with van der Waals surface area (Å²) < 4.78 is 48.7. The Labute approximate surface area is 175 Å². The predicted molar refractivity (Wildman–Crippen MR) is 106 cm³/mol. The number of nitriles is 1. The van der Waals surface area contributed by atoms with Gasteiger partial charge in [0.2, 0.25) is 0 Å². The topological polar surface area (TPSA) is 97.2 Å². The number of halogens is 3. The largest absolute Gasteiger partial charge is 0.462 e. The van der Waals surface area contributed by atoms with E-state index in [0.29, 0.717) is 28.8 Å². The first-order valence-electron chi connectivity index (χ1n) is 9.65. The van der Waals surface area contributed by atoms with E-state index in [0.717, 1.165) is 5.39 Å². The maximum atomic E-state index is 14.8. The maximum absolute atomic E-state index is 14.8. The van der Waals surface area contributed by atoms with Crippen molar-refractivity contribution >= 4 is 16.9 Å². The van der Waals surface area contributed by atoms with Crippen molar-refractivity contribution in [3.8, 4) is 6.07 Å². The van der Waals surface area contributed by atoms with Crippen LogP contribution in [0.15, 0.2) is 47.7 Å². The number of fused-ring (bicyclic) bond motifs is 2. The first-order chi connectivity index (χ1) is 14.9. The van der Waals surface area contributed by atoms with Crippen LogP contribution in [0.2, 0.25) is 0 Å². The van der Waals surface area contributed by atoms with E-state index in [4.69, 9.17) is 15.7 Å². The van der Waals surface area contributed by atoms with Gasteiger partial charge in [-0.3, -0.25) is 9.97 Å². The van der Waals surface area contributed by atoms with E-state index in [-0.39, 0.29) is 18.0 Å².